The molecule has 1 atom stereocenters. The molecular formula is C16H18N4O2S2. The van der Waals surface area contributed by atoms with Gasteiger partial charge in [0.15, 0.2) is 11.0 Å². The second kappa shape index (κ2) is 7.08. The van der Waals surface area contributed by atoms with Gasteiger partial charge in [0.2, 0.25) is 0 Å². The summed E-state index contributed by atoms with van der Waals surface area (Å²) in [6, 6.07) is 6.07. The number of rotatable bonds is 6. The van der Waals surface area contributed by atoms with Gasteiger partial charge >= 0.3 is 0 Å². The van der Waals surface area contributed by atoms with Crippen LogP contribution in [0.25, 0.3) is 10.7 Å². The van der Waals surface area contributed by atoms with E-state index in [1.54, 1.807) is 23.1 Å². The van der Waals surface area contributed by atoms with Crippen molar-refractivity contribution >= 4 is 23.1 Å². The molecule has 1 aliphatic rings. The average molecular weight is 362 g/mol. The number of aryl methyl sites for hydroxylation is 1. The fraction of sp³-hybridized carbons (Fsp3) is 0.438. The van der Waals surface area contributed by atoms with Gasteiger partial charge < -0.3 is 9.26 Å². The Morgan fingerprint density at radius 2 is 2.38 bits per heavy atom. The SMILES string of the molecule is Cc1cc(CSc2nnc(-c3cccs3)n2C[C@@H]2CCCO2)no1. The number of thioether (sulfide) groups is 1. The molecule has 0 N–H and O–H groups in total. The minimum absolute atomic E-state index is 0.244. The number of ether oxygens (including phenoxy) is 1. The highest BCUT2D eigenvalue weighted by Crippen LogP contribution is 2.30. The maximum absolute atomic E-state index is 5.81. The molecule has 0 aliphatic carbocycles. The zero-order chi connectivity index (χ0) is 16.4. The lowest BCUT2D eigenvalue weighted by Crippen LogP contribution is -2.16. The van der Waals surface area contributed by atoms with Crippen molar-refractivity contribution in [2.75, 3.05) is 6.61 Å². The van der Waals surface area contributed by atoms with E-state index in [0.29, 0.717) is 5.75 Å². The quantitative estimate of drug-likeness (QED) is 0.622. The molecule has 0 amide bonds. The minimum Gasteiger partial charge on any atom is -0.376 e. The smallest absolute Gasteiger partial charge is 0.191 e. The monoisotopic (exact) mass is 362 g/mol. The molecule has 0 bridgehead atoms. The van der Waals surface area contributed by atoms with Gasteiger partial charge in [-0.1, -0.05) is 23.0 Å². The Morgan fingerprint density at radius 1 is 1.42 bits per heavy atom. The van der Waals surface area contributed by atoms with Crippen LogP contribution in [0.3, 0.4) is 0 Å². The van der Waals surface area contributed by atoms with Gasteiger partial charge in [-0.15, -0.1) is 21.5 Å². The van der Waals surface area contributed by atoms with E-state index in [4.69, 9.17) is 9.26 Å². The molecule has 3 aromatic rings. The summed E-state index contributed by atoms with van der Waals surface area (Å²) in [5.74, 6) is 2.45. The summed E-state index contributed by atoms with van der Waals surface area (Å²) in [4.78, 5) is 1.13. The van der Waals surface area contributed by atoms with Gasteiger partial charge in [0.25, 0.3) is 0 Å². The standard InChI is InChI=1S/C16H18N4O2S2/c1-11-8-12(19-22-11)10-24-16-18-17-15(14-5-3-7-23-14)20(16)9-13-4-2-6-21-13/h3,5,7-8,13H,2,4,6,9-10H2,1H3/t13-/m0/s1. The highest BCUT2D eigenvalue weighted by molar-refractivity contribution is 7.98. The summed E-state index contributed by atoms with van der Waals surface area (Å²) in [5, 5.41) is 15.8. The maximum Gasteiger partial charge on any atom is 0.191 e. The van der Waals surface area contributed by atoms with Gasteiger partial charge in [0.1, 0.15) is 5.76 Å². The van der Waals surface area contributed by atoms with Gasteiger partial charge in [0.05, 0.1) is 23.2 Å². The summed E-state index contributed by atoms with van der Waals surface area (Å²) >= 11 is 3.31. The van der Waals surface area contributed by atoms with E-state index in [2.05, 4.69) is 31.4 Å². The van der Waals surface area contributed by atoms with E-state index in [1.165, 1.54) is 0 Å². The number of hydrogen-bond donors (Lipinski definition) is 0. The second-order valence-corrected chi connectivity index (χ2v) is 7.64. The summed E-state index contributed by atoms with van der Waals surface area (Å²) in [7, 11) is 0. The summed E-state index contributed by atoms with van der Waals surface area (Å²) in [5.41, 5.74) is 0.918. The number of thiophene rings is 1. The third-order valence-electron chi connectivity index (χ3n) is 3.89. The third-order valence-corrected chi connectivity index (χ3v) is 5.76. The van der Waals surface area contributed by atoms with Crippen LogP contribution in [0.5, 0.6) is 0 Å². The second-order valence-electron chi connectivity index (χ2n) is 5.75. The van der Waals surface area contributed by atoms with Crippen molar-refractivity contribution in [1.29, 1.82) is 0 Å². The van der Waals surface area contributed by atoms with Crippen LogP contribution < -0.4 is 0 Å². The van der Waals surface area contributed by atoms with Crippen LogP contribution in [-0.2, 0) is 17.0 Å². The maximum atomic E-state index is 5.81. The normalized spacial score (nSPS) is 17.6. The largest absolute Gasteiger partial charge is 0.376 e. The van der Waals surface area contributed by atoms with E-state index in [1.807, 2.05) is 19.1 Å². The van der Waals surface area contributed by atoms with Crippen LogP contribution >= 0.6 is 23.1 Å². The fourth-order valence-electron chi connectivity index (χ4n) is 2.76. The van der Waals surface area contributed by atoms with E-state index >= 15 is 0 Å². The first-order valence-corrected chi connectivity index (χ1v) is 9.80. The van der Waals surface area contributed by atoms with E-state index in [-0.39, 0.29) is 6.10 Å². The van der Waals surface area contributed by atoms with Crippen molar-refractivity contribution in [3.63, 3.8) is 0 Å². The molecule has 1 fully saturated rings. The molecular weight excluding hydrogens is 344 g/mol. The molecule has 6 nitrogen and oxygen atoms in total. The Kier molecular flexibility index (Phi) is 4.68. The Labute approximate surface area is 148 Å². The summed E-state index contributed by atoms with van der Waals surface area (Å²) in [6.07, 6.45) is 2.46. The van der Waals surface area contributed by atoms with Crippen molar-refractivity contribution in [3.05, 3.63) is 35.0 Å². The topological polar surface area (TPSA) is 66.0 Å². The Bertz CT molecular complexity index is 791. The van der Waals surface area contributed by atoms with Crippen molar-refractivity contribution in [2.45, 2.75) is 43.3 Å². The van der Waals surface area contributed by atoms with Crippen LogP contribution in [0.2, 0.25) is 0 Å². The minimum atomic E-state index is 0.244. The fourth-order valence-corrected chi connectivity index (χ4v) is 4.31. The van der Waals surface area contributed by atoms with Crippen LogP contribution in [0.15, 0.2) is 33.3 Å². The van der Waals surface area contributed by atoms with Crippen LogP contribution in [-0.4, -0.2) is 32.6 Å². The molecule has 0 unspecified atom stereocenters. The van der Waals surface area contributed by atoms with E-state index < -0.39 is 0 Å². The molecule has 0 spiro atoms. The summed E-state index contributed by atoms with van der Waals surface area (Å²) < 4.78 is 13.1. The Hall–Kier alpha value is -1.64. The Morgan fingerprint density at radius 3 is 3.08 bits per heavy atom. The van der Waals surface area contributed by atoms with Crippen LogP contribution in [0.4, 0.5) is 0 Å². The zero-order valence-corrected chi connectivity index (χ0v) is 15.0. The lowest BCUT2D eigenvalue weighted by molar-refractivity contribution is 0.0953. The molecule has 4 rings (SSSR count). The first-order chi connectivity index (χ1) is 11.8. The molecule has 1 aliphatic heterocycles. The number of nitrogens with zero attached hydrogens (tertiary/aromatic N) is 4. The zero-order valence-electron chi connectivity index (χ0n) is 13.3. The van der Waals surface area contributed by atoms with Gasteiger partial charge in [-0.25, -0.2) is 0 Å². The van der Waals surface area contributed by atoms with Crippen molar-refractivity contribution in [1.82, 2.24) is 19.9 Å². The van der Waals surface area contributed by atoms with Gasteiger partial charge in [0, 0.05) is 18.4 Å². The average Bonchev–Trinajstić information content (AvgIpc) is 3.34. The molecule has 8 heteroatoms. The third kappa shape index (κ3) is 3.40. The predicted molar refractivity (Wildman–Crippen MR) is 93.1 cm³/mol. The molecule has 0 saturated carbocycles. The van der Waals surface area contributed by atoms with Crippen molar-refractivity contribution in [3.8, 4) is 10.7 Å². The first kappa shape index (κ1) is 15.9. The molecule has 126 valence electrons. The van der Waals surface area contributed by atoms with Gasteiger partial charge in [-0.3, -0.25) is 4.57 Å². The molecule has 4 heterocycles. The molecule has 1 saturated heterocycles. The van der Waals surface area contributed by atoms with Crippen molar-refractivity contribution in [2.24, 2.45) is 0 Å². The number of aromatic nitrogens is 4. The molecule has 3 aromatic heterocycles. The molecule has 0 radical (unpaired) electrons. The van der Waals surface area contributed by atoms with E-state index in [0.717, 1.165) is 53.3 Å². The molecule has 0 aromatic carbocycles. The lowest BCUT2D eigenvalue weighted by atomic mass is 10.2. The predicted octanol–water partition coefficient (Wildman–Crippen LogP) is 3.77. The lowest BCUT2D eigenvalue weighted by Gasteiger charge is -2.13. The highest BCUT2D eigenvalue weighted by Gasteiger charge is 2.22. The van der Waals surface area contributed by atoms with E-state index in [9.17, 15) is 0 Å². The highest BCUT2D eigenvalue weighted by atomic mass is 32.2. The van der Waals surface area contributed by atoms with Gasteiger partial charge in [-0.05, 0) is 31.2 Å². The van der Waals surface area contributed by atoms with Crippen LogP contribution in [0.1, 0.15) is 24.3 Å². The first-order valence-electron chi connectivity index (χ1n) is 7.93. The van der Waals surface area contributed by atoms with Crippen LogP contribution in [0, 0.1) is 6.92 Å². The van der Waals surface area contributed by atoms with Gasteiger partial charge in [-0.2, -0.15) is 0 Å². The number of hydrogen-bond acceptors (Lipinski definition) is 7. The molecule has 24 heavy (non-hydrogen) atoms. The Balaban J connectivity index is 1.57. The summed E-state index contributed by atoms with van der Waals surface area (Å²) in [6.45, 7) is 3.54. The van der Waals surface area contributed by atoms with Crippen molar-refractivity contribution < 1.29 is 9.26 Å².